The Bertz CT molecular complexity index is 367. The molecular formula is C10H10BrF2N. The van der Waals surface area contributed by atoms with E-state index < -0.39 is 11.6 Å². The summed E-state index contributed by atoms with van der Waals surface area (Å²) in [7, 11) is 0. The van der Waals surface area contributed by atoms with Crippen molar-refractivity contribution >= 4 is 15.9 Å². The van der Waals surface area contributed by atoms with E-state index in [-0.39, 0.29) is 17.5 Å². The van der Waals surface area contributed by atoms with Gasteiger partial charge in [0, 0.05) is 17.5 Å². The monoisotopic (exact) mass is 261 g/mol. The molecule has 0 aliphatic heterocycles. The Morgan fingerprint density at radius 3 is 2.50 bits per heavy atom. The van der Waals surface area contributed by atoms with Crippen molar-refractivity contribution in [2.24, 2.45) is 5.73 Å². The highest BCUT2D eigenvalue weighted by Gasteiger charge is 2.33. The van der Waals surface area contributed by atoms with Crippen LogP contribution in [0.4, 0.5) is 8.78 Å². The minimum Gasteiger partial charge on any atom is -0.327 e. The number of hydrogen-bond donors (Lipinski definition) is 1. The Labute approximate surface area is 89.4 Å². The van der Waals surface area contributed by atoms with Crippen LogP contribution in [0.3, 0.4) is 0 Å². The molecule has 1 saturated carbocycles. The van der Waals surface area contributed by atoms with Gasteiger partial charge in [-0.1, -0.05) is 0 Å². The predicted octanol–water partition coefficient (Wildman–Crippen LogP) is 2.93. The lowest BCUT2D eigenvalue weighted by Crippen LogP contribution is -2.38. The molecule has 0 saturated heterocycles. The van der Waals surface area contributed by atoms with Crippen molar-refractivity contribution in [3.63, 3.8) is 0 Å². The van der Waals surface area contributed by atoms with Crippen molar-refractivity contribution < 1.29 is 8.78 Å². The van der Waals surface area contributed by atoms with Crippen molar-refractivity contribution in [3.8, 4) is 0 Å². The first-order valence-electron chi connectivity index (χ1n) is 4.50. The molecule has 0 amide bonds. The number of benzene rings is 1. The van der Waals surface area contributed by atoms with E-state index in [0.717, 1.165) is 12.8 Å². The summed E-state index contributed by atoms with van der Waals surface area (Å²) in [6.45, 7) is 0. The van der Waals surface area contributed by atoms with Crippen molar-refractivity contribution in [2.75, 3.05) is 0 Å². The zero-order valence-electron chi connectivity index (χ0n) is 7.43. The van der Waals surface area contributed by atoms with Gasteiger partial charge in [-0.05, 0) is 40.9 Å². The van der Waals surface area contributed by atoms with Crippen molar-refractivity contribution in [2.45, 2.75) is 24.8 Å². The fourth-order valence-electron chi connectivity index (χ4n) is 1.77. The fraction of sp³-hybridized carbons (Fsp3) is 0.400. The van der Waals surface area contributed by atoms with Crippen LogP contribution in [0.2, 0.25) is 0 Å². The zero-order chi connectivity index (χ0) is 10.3. The van der Waals surface area contributed by atoms with E-state index >= 15 is 0 Å². The highest BCUT2D eigenvalue weighted by molar-refractivity contribution is 9.10. The third-order valence-corrected chi connectivity index (χ3v) is 3.39. The van der Waals surface area contributed by atoms with E-state index in [2.05, 4.69) is 15.9 Å². The van der Waals surface area contributed by atoms with Crippen LogP contribution in [0.5, 0.6) is 0 Å². The molecule has 76 valence electrons. The zero-order valence-corrected chi connectivity index (χ0v) is 9.02. The fourth-order valence-corrected chi connectivity index (χ4v) is 2.11. The standard InChI is InChI=1S/C10H10BrF2N/c11-6-2-3-7(12)9(10(6)13)5-1-4-8(5)14/h2-3,5,8H,1,4,14H2. The molecule has 2 rings (SSSR count). The number of nitrogens with two attached hydrogens (primary N) is 1. The van der Waals surface area contributed by atoms with Gasteiger partial charge in [0.25, 0.3) is 0 Å². The molecule has 2 unspecified atom stereocenters. The number of rotatable bonds is 1. The van der Waals surface area contributed by atoms with Gasteiger partial charge >= 0.3 is 0 Å². The highest BCUT2D eigenvalue weighted by atomic mass is 79.9. The van der Waals surface area contributed by atoms with E-state index in [4.69, 9.17) is 5.73 Å². The SMILES string of the molecule is NC1CCC1c1c(F)ccc(Br)c1F. The molecule has 4 heteroatoms. The third-order valence-electron chi connectivity index (χ3n) is 2.78. The first-order valence-corrected chi connectivity index (χ1v) is 5.29. The number of hydrogen-bond acceptors (Lipinski definition) is 1. The van der Waals surface area contributed by atoms with Gasteiger partial charge in [-0.2, -0.15) is 0 Å². The van der Waals surface area contributed by atoms with Crippen LogP contribution in [0.25, 0.3) is 0 Å². The smallest absolute Gasteiger partial charge is 0.143 e. The molecule has 2 atom stereocenters. The Balaban J connectivity index is 2.45. The molecule has 0 heterocycles. The maximum absolute atomic E-state index is 13.6. The van der Waals surface area contributed by atoms with Crippen molar-refractivity contribution in [3.05, 3.63) is 33.8 Å². The van der Waals surface area contributed by atoms with Gasteiger partial charge < -0.3 is 5.73 Å². The maximum Gasteiger partial charge on any atom is 0.143 e. The van der Waals surface area contributed by atoms with Crippen LogP contribution < -0.4 is 5.73 Å². The van der Waals surface area contributed by atoms with E-state index in [1.54, 1.807) is 0 Å². The summed E-state index contributed by atoms with van der Waals surface area (Å²) in [4.78, 5) is 0. The predicted molar refractivity (Wildman–Crippen MR) is 54.0 cm³/mol. The lowest BCUT2D eigenvalue weighted by Gasteiger charge is -2.34. The van der Waals surface area contributed by atoms with Gasteiger partial charge in [-0.3, -0.25) is 0 Å². The van der Waals surface area contributed by atoms with E-state index in [1.807, 2.05) is 0 Å². The molecule has 0 aromatic heterocycles. The van der Waals surface area contributed by atoms with Crippen LogP contribution in [-0.4, -0.2) is 6.04 Å². The Kier molecular flexibility index (Phi) is 2.58. The second kappa shape index (κ2) is 3.59. The maximum atomic E-state index is 13.6. The van der Waals surface area contributed by atoms with E-state index in [9.17, 15) is 8.78 Å². The second-order valence-electron chi connectivity index (χ2n) is 3.60. The lowest BCUT2D eigenvalue weighted by atomic mass is 9.75. The molecule has 1 aliphatic rings. The lowest BCUT2D eigenvalue weighted by molar-refractivity contribution is 0.326. The quantitative estimate of drug-likeness (QED) is 0.774. The average molecular weight is 262 g/mol. The molecule has 14 heavy (non-hydrogen) atoms. The molecule has 2 N–H and O–H groups in total. The molecule has 1 nitrogen and oxygen atoms in total. The Morgan fingerprint density at radius 2 is 2.00 bits per heavy atom. The highest BCUT2D eigenvalue weighted by Crippen LogP contribution is 2.39. The second-order valence-corrected chi connectivity index (χ2v) is 4.46. The van der Waals surface area contributed by atoms with Gasteiger partial charge in [0.1, 0.15) is 11.6 Å². The van der Waals surface area contributed by atoms with Crippen LogP contribution in [-0.2, 0) is 0 Å². The van der Waals surface area contributed by atoms with Gasteiger partial charge in [0.2, 0.25) is 0 Å². The molecule has 1 aromatic rings. The van der Waals surface area contributed by atoms with Gasteiger partial charge in [-0.15, -0.1) is 0 Å². The molecule has 1 aromatic carbocycles. The van der Waals surface area contributed by atoms with Gasteiger partial charge in [0.15, 0.2) is 0 Å². The van der Waals surface area contributed by atoms with Crippen molar-refractivity contribution in [1.29, 1.82) is 0 Å². The van der Waals surface area contributed by atoms with E-state index in [1.165, 1.54) is 12.1 Å². The first kappa shape index (κ1) is 10.1. The van der Waals surface area contributed by atoms with Crippen LogP contribution in [0.15, 0.2) is 16.6 Å². The first-order chi connectivity index (χ1) is 6.61. The molecule has 0 spiro atoms. The minimum absolute atomic E-state index is 0.103. The van der Waals surface area contributed by atoms with E-state index in [0.29, 0.717) is 4.47 Å². The van der Waals surface area contributed by atoms with Gasteiger partial charge in [0.05, 0.1) is 4.47 Å². The minimum atomic E-state index is -0.509. The van der Waals surface area contributed by atoms with Crippen LogP contribution in [0.1, 0.15) is 24.3 Å². The van der Waals surface area contributed by atoms with Crippen molar-refractivity contribution in [1.82, 2.24) is 0 Å². The average Bonchev–Trinajstić information content (AvgIpc) is 2.16. The number of halogens is 3. The summed E-state index contributed by atoms with van der Waals surface area (Å²) in [5.41, 5.74) is 5.83. The summed E-state index contributed by atoms with van der Waals surface area (Å²) in [6, 6.07) is 2.54. The Hall–Kier alpha value is -0.480. The summed E-state index contributed by atoms with van der Waals surface area (Å²) < 4.78 is 27.2. The molecule has 0 radical (unpaired) electrons. The van der Waals surface area contributed by atoms with Gasteiger partial charge in [-0.25, -0.2) is 8.78 Å². The molecule has 0 bridgehead atoms. The third kappa shape index (κ3) is 1.46. The normalized spacial score (nSPS) is 26.0. The molecule has 1 fully saturated rings. The van der Waals surface area contributed by atoms with Crippen LogP contribution >= 0.6 is 15.9 Å². The summed E-state index contributed by atoms with van der Waals surface area (Å²) >= 11 is 3.04. The summed E-state index contributed by atoms with van der Waals surface area (Å²) in [6.07, 6.45) is 1.61. The Morgan fingerprint density at radius 1 is 1.29 bits per heavy atom. The summed E-state index contributed by atoms with van der Waals surface area (Å²) in [5, 5.41) is 0. The molecular weight excluding hydrogens is 252 g/mol. The topological polar surface area (TPSA) is 26.0 Å². The largest absolute Gasteiger partial charge is 0.327 e. The van der Waals surface area contributed by atoms with Crippen LogP contribution in [0, 0.1) is 11.6 Å². The molecule has 1 aliphatic carbocycles. The summed E-state index contributed by atoms with van der Waals surface area (Å²) in [5.74, 6) is -1.16.